The third-order valence-corrected chi connectivity index (χ3v) is 2.24. The van der Waals surface area contributed by atoms with Crippen LogP contribution in [0.3, 0.4) is 0 Å². The molecular weight excluding hydrogens is 400 g/mol. The van der Waals surface area contributed by atoms with E-state index in [9.17, 15) is 70.2 Å². The van der Waals surface area contributed by atoms with Crippen molar-refractivity contribution in [1.82, 2.24) is 0 Å². The summed E-state index contributed by atoms with van der Waals surface area (Å²) >= 11 is 0. The molecule has 0 heterocycles. The summed E-state index contributed by atoms with van der Waals surface area (Å²) < 4.78 is 194. The Hall–Kier alpha value is -1.38. The fourth-order valence-electron chi connectivity index (χ4n) is 0.913. The van der Waals surface area contributed by atoms with Crippen molar-refractivity contribution >= 4 is 0 Å². The van der Waals surface area contributed by atoms with Crippen molar-refractivity contribution in [3.8, 4) is 0 Å². The van der Waals surface area contributed by atoms with E-state index in [2.05, 4.69) is 0 Å². The van der Waals surface area contributed by atoms with Crippen molar-refractivity contribution in [3.05, 3.63) is 11.7 Å². The van der Waals surface area contributed by atoms with Crippen LogP contribution in [0.5, 0.6) is 0 Å². The molecule has 0 aromatic heterocycles. The molecule has 0 saturated carbocycles. The van der Waals surface area contributed by atoms with Crippen LogP contribution in [0.1, 0.15) is 0 Å². The molecule has 0 fully saturated rings. The van der Waals surface area contributed by atoms with E-state index in [1.54, 1.807) is 0 Å². The quantitative estimate of drug-likeness (QED) is 0.524. The van der Waals surface area contributed by atoms with Crippen LogP contribution >= 0.6 is 0 Å². The van der Waals surface area contributed by atoms with Crippen molar-refractivity contribution in [1.29, 1.82) is 0 Å². The molecule has 0 atom stereocenters. The van der Waals surface area contributed by atoms with Gasteiger partial charge in [-0.2, -0.15) is 61.5 Å². The first kappa shape index (κ1) is 22.6. The van der Waals surface area contributed by atoms with E-state index < -0.39 is 47.7 Å². The first-order valence-electron chi connectivity index (χ1n) is 4.77. The number of hydrogen-bond donors (Lipinski definition) is 0. The average molecular weight is 400 g/mol. The molecule has 0 aromatic rings. The molecule has 0 aliphatic rings. The Morgan fingerprint density at radius 1 is 0.375 bits per heavy atom. The van der Waals surface area contributed by atoms with Crippen molar-refractivity contribution in [3.63, 3.8) is 0 Å². The van der Waals surface area contributed by atoms with E-state index in [1.807, 2.05) is 0 Å². The lowest BCUT2D eigenvalue weighted by Gasteiger charge is -2.33. The van der Waals surface area contributed by atoms with Gasteiger partial charge in [-0.05, 0) is 0 Å². The van der Waals surface area contributed by atoms with Crippen molar-refractivity contribution in [2.75, 3.05) is 0 Å². The molecule has 0 unspecified atom stereocenters. The number of rotatable bonds is 4. The van der Waals surface area contributed by atoms with E-state index in [1.165, 1.54) is 0 Å². The second-order valence-electron chi connectivity index (χ2n) is 3.92. The van der Waals surface area contributed by atoms with E-state index >= 15 is 0 Å². The number of allylic oxidation sites excluding steroid dienone is 2. The van der Waals surface area contributed by atoms with Gasteiger partial charge in [0.25, 0.3) is 0 Å². The van der Waals surface area contributed by atoms with Gasteiger partial charge in [-0.3, -0.25) is 0 Å². The summed E-state index contributed by atoms with van der Waals surface area (Å²) in [5.74, 6) is -40.8. The monoisotopic (exact) mass is 400 g/mol. The Kier molecular flexibility index (Phi) is 5.25. The van der Waals surface area contributed by atoms with Gasteiger partial charge in [0.05, 0.1) is 0 Å². The number of halogens is 16. The average Bonchev–Trinajstić information content (AvgIpc) is 2.33. The Balaban J connectivity index is 6.40. The second kappa shape index (κ2) is 5.57. The lowest BCUT2D eigenvalue weighted by molar-refractivity contribution is -0.392. The number of hydrogen-bond acceptors (Lipinski definition) is 0. The molecule has 144 valence electrons. The Morgan fingerprint density at radius 3 is 0.917 bits per heavy atom. The van der Waals surface area contributed by atoms with E-state index in [0.717, 1.165) is 0 Å². The van der Waals surface area contributed by atoms with Gasteiger partial charge in [0.15, 0.2) is 0 Å². The highest BCUT2D eigenvalue weighted by atomic mass is 19.4. The van der Waals surface area contributed by atoms with Crippen LogP contribution in [-0.4, -0.2) is 36.0 Å². The normalized spacial score (nSPS) is 17.0. The first-order chi connectivity index (χ1) is 10.1. The number of alkyl halides is 14. The summed E-state index contributed by atoms with van der Waals surface area (Å²) in [6.07, 6.45) is -14.7. The van der Waals surface area contributed by atoms with Crippen LogP contribution in [0.4, 0.5) is 70.2 Å². The summed E-state index contributed by atoms with van der Waals surface area (Å²) in [4.78, 5) is 0. The highest BCUT2D eigenvalue weighted by Gasteiger charge is 2.84. The van der Waals surface area contributed by atoms with Gasteiger partial charge >= 0.3 is 36.0 Å². The van der Waals surface area contributed by atoms with Gasteiger partial charge in [-0.25, -0.2) is 8.78 Å². The van der Waals surface area contributed by atoms with Gasteiger partial charge in [0.2, 0.25) is 11.7 Å². The molecule has 0 radical (unpaired) electrons. The largest absolute Gasteiger partial charge is 0.460 e. The lowest BCUT2D eigenvalue weighted by atomic mass is 10.0. The summed E-state index contributed by atoms with van der Waals surface area (Å²) in [6.45, 7) is 0. The molecular formula is C8F16. The fourth-order valence-corrected chi connectivity index (χ4v) is 0.913. The highest BCUT2D eigenvalue weighted by Crippen LogP contribution is 2.57. The molecule has 24 heavy (non-hydrogen) atoms. The highest BCUT2D eigenvalue weighted by molar-refractivity contribution is 5.23. The Labute approximate surface area is 119 Å². The maximum Gasteiger partial charge on any atom is 0.460 e. The van der Waals surface area contributed by atoms with Crippen LogP contribution < -0.4 is 0 Å². The summed E-state index contributed by atoms with van der Waals surface area (Å²) in [5, 5.41) is 0. The minimum Gasteiger partial charge on any atom is -0.202 e. The third-order valence-electron chi connectivity index (χ3n) is 2.24. The van der Waals surface area contributed by atoms with Gasteiger partial charge < -0.3 is 0 Å². The molecule has 0 bridgehead atoms. The zero-order valence-electron chi connectivity index (χ0n) is 10.0. The predicted molar refractivity (Wildman–Crippen MR) is 41.1 cm³/mol. The minimum atomic E-state index is -7.94. The molecule has 0 nitrogen and oxygen atoms in total. The Bertz CT molecular complexity index is 501. The van der Waals surface area contributed by atoms with E-state index in [4.69, 9.17) is 0 Å². The van der Waals surface area contributed by atoms with Crippen LogP contribution in [-0.2, 0) is 0 Å². The summed E-state index contributed by atoms with van der Waals surface area (Å²) in [6, 6.07) is 0. The van der Waals surface area contributed by atoms with Gasteiger partial charge in [-0.1, -0.05) is 0 Å². The fraction of sp³-hybridized carbons (Fsp3) is 0.750. The topological polar surface area (TPSA) is 0 Å². The molecule has 0 aliphatic heterocycles. The molecule has 0 spiro atoms. The SMILES string of the molecule is F/C(=C(/F)C(F)(F)C(F)(F)C(F)(F)C(F)(F)F)C(F)(F)C(F)(F)F. The maximum absolute atomic E-state index is 12.7. The van der Waals surface area contributed by atoms with Crippen molar-refractivity contribution in [2.24, 2.45) is 0 Å². The summed E-state index contributed by atoms with van der Waals surface area (Å²) in [5.41, 5.74) is 0. The summed E-state index contributed by atoms with van der Waals surface area (Å²) in [7, 11) is 0. The minimum absolute atomic E-state index is 5.00. The van der Waals surface area contributed by atoms with E-state index in [0.29, 0.717) is 0 Å². The molecule has 0 amide bonds. The van der Waals surface area contributed by atoms with Crippen molar-refractivity contribution in [2.45, 2.75) is 36.0 Å². The van der Waals surface area contributed by atoms with Gasteiger partial charge in [0, 0.05) is 0 Å². The molecule has 0 aliphatic carbocycles. The van der Waals surface area contributed by atoms with Crippen LogP contribution in [0.25, 0.3) is 0 Å². The first-order valence-corrected chi connectivity index (χ1v) is 4.77. The predicted octanol–water partition coefficient (Wildman–Crippen LogP) is 5.80. The van der Waals surface area contributed by atoms with Crippen LogP contribution in [0.2, 0.25) is 0 Å². The third kappa shape index (κ3) is 3.10. The smallest absolute Gasteiger partial charge is 0.202 e. The van der Waals surface area contributed by atoms with Crippen molar-refractivity contribution < 1.29 is 70.2 Å². The molecule has 16 heteroatoms. The second-order valence-corrected chi connectivity index (χ2v) is 3.92. The van der Waals surface area contributed by atoms with Crippen LogP contribution in [0.15, 0.2) is 11.7 Å². The zero-order valence-corrected chi connectivity index (χ0v) is 10.0. The molecule has 0 aromatic carbocycles. The molecule has 0 saturated heterocycles. The zero-order chi connectivity index (χ0) is 20.2. The van der Waals surface area contributed by atoms with Crippen LogP contribution in [0, 0.1) is 0 Å². The van der Waals surface area contributed by atoms with E-state index in [-0.39, 0.29) is 0 Å². The Morgan fingerprint density at radius 2 is 0.667 bits per heavy atom. The van der Waals surface area contributed by atoms with Gasteiger partial charge in [-0.15, -0.1) is 0 Å². The standard InChI is InChI=1S/C8F16/c9-1(2(10)4(13,14)7(19,20)21)3(11,12)5(15,16)6(17,18)8(22,23)24/b2-1+. The maximum atomic E-state index is 12.7. The van der Waals surface area contributed by atoms with Gasteiger partial charge in [0.1, 0.15) is 0 Å². The molecule has 0 N–H and O–H groups in total. The molecule has 0 rings (SSSR count). The lowest BCUT2D eigenvalue weighted by Crippen LogP contribution is -2.61.